The van der Waals surface area contributed by atoms with Gasteiger partial charge in [0.15, 0.2) is 0 Å². The topological polar surface area (TPSA) is 29.4 Å². The summed E-state index contributed by atoms with van der Waals surface area (Å²) in [6, 6.07) is -1.54. The molecule has 0 saturated heterocycles. The number of hydrogen-bond acceptors (Lipinski definition) is 2. The maximum Gasteiger partial charge on any atom is 0.234 e. The molecule has 0 aliphatic heterocycles. The third-order valence-corrected chi connectivity index (χ3v) is 2.35. The summed E-state index contributed by atoms with van der Waals surface area (Å²) >= 11 is 0. The Bertz CT molecular complexity index is 125. The van der Waals surface area contributed by atoms with Crippen molar-refractivity contribution < 1.29 is 13.6 Å². The van der Waals surface area contributed by atoms with Crippen molar-refractivity contribution >= 4 is 15.6 Å². The number of rotatable bonds is 5. The highest BCUT2D eigenvalue weighted by atomic mass is 28.2. The van der Waals surface area contributed by atoms with Gasteiger partial charge in [0.05, 0.1) is 6.54 Å². The van der Waals surface area contributed by atoms with E-state index < -0.39 is 15.6 Å². The summed E-state index contributed by atoms with van der Waals surface area (Å²) in [6.45, 7) is 0.350. The van der Waals surface area contributed by atoms with Gasteiger partial charge in [-0.25, -0.2) is 18.6 Å². The van der Waals surface area contributed by atoms with E-state index in [0.717, 1.165) is 0 Å². The highest BCUT2D eigenvalue weighted by Gasteiger charge is 2.00. The van der Waals surface area contributed by atoms with Crippen LogP contribution in [0.2, 0.25) is 6.04 Å². The molecule has 5 heteroatoms. The Kier molecular flexibility index (Phi) is 6.22. The van der Waals surface area contributed by atoms with E-state index in [0.29, 0.717) is 19.0 Å². The molecule has 0 N–H and O–H groups in total. The fourth-order valence-electron chi connectivity index (χ4n) is 0.535. The summed E-state index contributed by atoms with van der Waals surface area (Å²) in [5.74, 6) is 0. The number of hydrogen-bond donors (Lipinski definition) is 0. The lowest BCUT2D eigenvalue weighted by molar-refractivity contribution is 0.237. The normalized spacial score (nSPS) is 10.7. The van der Waals surface area contributed by atoms with Gasteiger partial charge in [-0.2, -0.15) is 0 Å². The smallest absolute Gasteiger partial charge is 0.216 e. The van der Waals surface area contributed by atoms with Crippen LogP contribution in [0, 0.1) is 0 Å². The van der Waals surface area contributed by atoms with E-state index in [9.17, 15) is 13.6 Å². The Balaban J connectivity index is 2.98. The molecule has 0 rings (SSSR count). The Labute approximate surface area is 60.2 Å². The number of aliphatic imine (C=N–C) groups is 1. The molecule has 0 bridgehead atoms. The van der Waals surface area contributed by atoms with E-state index in [1.807, 2.05) is 0 Å². The first-order valence-corrected chi connectivity index (χ1v) is 4.91. The second-order valence-electron chi connectivity index (χ2n) is 1.86. The largest absolute Gasteiger partial charge is 0.234 e. The molecule has 0 aliphatic carbocycles. The SMILES string of the molecule is O=C=NCCC[SiH2]C(F)F. The maximum atomic E-state index is 11.5. The van der Waals surface area contributed by atoms with Gasteiger partial charge in [0.25, 0.3) is 0 Å². The number of carbonyl (C=O) groups excluding carboxylic acids is 1. The van der Waals surface area contributed by atoms with Crippen molar-refractivity contribution in [2.75, 3.05) is 6.54 Å². The zero-order valence-corrected chi connectivity index (χ0v) is 6.93. The standard InChI is InChI=1S/C5H9F2NOSi/c6-5(7)10-3-1-2-8-4-9/h5H,1-3,10H2. The van der Waals surface area contributed by atoms with Gasteiger partial charge < -0.3 is 0 Å². The Hall–Kier alpha value is -0.543. The number of isocyanates is 1. The van der Waals surface area contributed by atoms with Crippen molar-refractivity contribution in [1.82, 2.24) is 0 Å². The Morgan fingerprint density at radius 2 is 2.30 bits per heavy atom. The molecule has 58 valence electrons. The first-order valence-electron chi connectivity index (χ1n) is 3.09. The van der Waals surface area contributed by atoms with Crippen LogP contribution in [0.5, 0.6) is 0 Å². The summed E-state index contributed by atoms with van der Waals surface area (Å²) < 4.78 is 23.0. The van der Waals surface area contributed by atoms with Crippen LogP contribution >= 0.6 is 0 Å². The summed E-state index contributed by atoms with van der Waals surface area (Å²) in [5.41, 5.74) is 0. The van der Waals surface area contributed by atoms with Crippen molar-refractivity contribution in [3.05, 3.63) is 0 Å². The fraction of sp³-hybridized carbons (Fsp3) is 0.800. The molecule has 0 atom stereocenters. The Morgan fingerprint density at radius 3 is 2.80 bits per heavy atom. The van der Waals surface area contributed by atoms with E-state index in [4.69, 9.17) is 0 Å². The second-order valence-corrected chi connectivity index (χ2v) is 3.76. The van der Waals surface area contributed by atoms with Crippen molar-refractivity contribution in [2.45, 2.75) is 18.5 Å². The average Bonchev–Trinajstić information content (AvgIpc) is 1.87. The first-order chi connectivity index (χ1) is 4.77. The van der Waals surface area contributed by atoms with Crippen LogP contribution in [-0.4, -0.2) is 28.2 Å². The summed E-state index contributed by atoms with van der Waals surface area (Å²) in [7, 11) is -1.21. The monoisotopic (exact) mass is 165 g/mol. The molecule has 0 aromatic heterocycles. The zero-order valence-electron chi connectivity index (χ0n) is 5.52. The van der Waals surface area contributed by atoms with Crippen LogP contribution in [0.25, 0.3) is 0 Å². The van der Waals surface area contributed by atoms with E-state index in [1.165, 1.54) is 6.08 Å². The van der Waals surface area contributed by atoms with Gasteiger partial charge in [-0.05, 0) is 6.42 Å². The third kappa shape index (κ3) is 7.46. The lowest BCUT2D eigenvalue weighted by Gasteiger charge is -1.93. The van der Waals surface area contributed by atoms with E-state index >= 15 is 0 Å². The van der Waals surface area contributed by atoms with Gasteiger partial charge in [0, 0.05) is 0 Å². The molecule has 0 aromatic rings. The van der Waals surface area contributed by atoms with Crippen LogP contribution in [0.3, 0.4) is 0 Å². The molecule has 2 nitrogen and oxygen atoms in total. The molecule has 0 amide bonds. The minimum Gasteiger partial charge on any atom is -0.216 e. The van der Waals surface area contributed by atoms with Crippen molar-refractivity contribution in [1.29, 1.82) is 0 Å². The zero-order chi connectivity index (χ0) is 7.82. The average molecular weight is 165 g/mol. The molecule has 0 spiro atoms. The molecule has 0 unspecified atom stereocenters. The second kappa shape index (κ2) is 6.58. The molecule has 0 fully saturated rings. The van der Waals surface area contributed by atoms with Crippen LogP contribution in [-0.2, 0) is 4.79 Å². The van der Waals surface area contributed by atoms with Crippen LogP contribution in [0.15, 0.2) is 4.99 Å². The first kappa shape index (κ1) is 9.46. The highest BCUT2D eigenvalue weighted by Crippen LogP contribution is 1.96. The lowest BCUT2D eigenvalue weighted by Crippen LogP contribution is -2.03. The van der Waals surface area contributed by atoms with Gasteiger partial charge in [-0.15, -0.1) is 0 Å². The summed E-state index contributed by atoms with van der Waals surface area (Å²) in [6.07, 6.45) is 1.96. The molecular weight excluding hydrogens is 156 g/mol. The Morgan fingerprint density at radius 1 is 1.60 bits per heavy atom. The van der Waals surface area contributed by atoms with Crippen LogP contribution < -0.4 is 0 Å². The third-order valence-electron chi connectivity index (χ3n) is 1.01. The molecule has 0 aromatic carbocycles. The van der Waals surface area contributed by atoms with Crippen LogP contribution in [0.1, 0.15) is 6.42 Å². The maximum absolute atomic E-state index is 11.5. The highest BCUT2D eigenvalue weighted by molar-refractivity contribution is 6.36. The number of halogens is 2. The number of nitrogens with zero attached hydrogens (tertiary/aromatic N) is 1. The molecule has 10 heavy (non-hydrogen) atoms. The summed E-state index contributed by atoms with van der Waals surface area (Å²) in [4.78, 5) is 12.7. The molecule has 0 aliphatic rings. The van der Waals surface area contributed by atoms with Gasteiger partial charge in [-0.1, -0.05) is 6.04 Å². The molecule has 0 heterocycles. The molecule has 0 saturated carbocycles. The fourth-order valence-corrected chi connectivity index (χ4v) is 1.36. The van der Waals surface area contributed by atoms with Gasteiger partial charge in [0.1, 0.15) is 9.52 Å². The van der Waals surface area contributed by atoms with Crippen LogP contribution in [0.4, 0.5) is 8.78 Å². The van der Waals surface area contributed by atoms with Crippen molar-refractivity contribution in [3.63, 3.8) is 0 Å². The van der Waals surface area contributed by atoms with E-state index in [-0.39, 0.29) is 0 Å². The van der Waals surface area contributed by atoms with Gasteiger partial charge in [0.2, 0.25) is 12.1 Å². The molecular formula is C5H9F2NOSi. The quantitative estimate of drug-likeness (QED) is 0.253. The lowest BCUT2D eigenvalue weighted by atomic mass is 10.5. The van der Waals surface area contributed by atoms with Crippen molar-refractivity contribution in [2.24, 2.45) is 4.99 Å². The minimum absolute atomic E-state index is 0.350. The summed E-state index contributed by atoms with van der Waals surface area (Å²) in [5, 5.41) is 0. The molecule has 0 radical (unpaired) electrons. The predicted octanol–water partition coefficient (Wildman–Crippen LogP) is 0.522. The minimum atomic E-state index is -2.10. The van der Waals surface area contributed by atoms with E-state index in [2.05, 4.69) is 4.99 Å². The van der Waals surface area contributed by atoms with Gasteiger partial charge >= 0.3 is 0 Å². The predicted molar refractivity (Wildman–Crippen MR) is 37.0 cm³/mol. The van der Waals surface area contributed by atoms with Gasteiger partial charge in [-0.3, -0.25) is 0 Å². The van der Waals surface area contributed by atoms with Crippen molar-refractivity contribution in [3.8, 4) is 0 Å². The number of alkyl halides is 2. The van der Waals surface area contributed by atoms with E-state index in [1.54, 1.807) is 0 Å².